The SMILES string of the molecule is COCCNC(=O)CCN(C(C)=O)c1ccc(OC)cc1OC. The third-order valence-electron chi connectivity index (χ3n) is 3.25. The lowest BCUT2D eigenvalue weighted by molar-refractivity contribution is -0.121. The first-order valence-electron chi connectivity index (χ1n) is 7.29. The molecular formula is C16H24N2O5. The number of carbonyl (C=O) groups is 2. The molecule has 1 N–H and O–H groups in total. The molecule has 1 rings (SSSR count). The summed E-state index contributed by atoms with van der Waals surface area (Å²) in [5.74, 6) is 0.838. The molecule has 0 aliphatic heterocycles. The Labute approximate surface area is 136 Å². The molecule has 0 atom stereocenters. The molecule has 0 radical (unpaired) electrons. The van der Waals surface area contributed by atoms with Crippen LogP contribution in [0.2, 0.25) is 0 Å². The Kier molecular flexibility index (Phi) is 7.90. The van der Waals surface area contributed by atoms with Crippen LogP contribution in [-0.2, 0) is 14.3 Å². The summed E-state index contributed by atoms with van der Waals surface area (Å²) in [4.78, 5) is 25.2. The summed E-state index contributed by atoms with van der Waals surface area (Å²) >= 11 is 0. The fourth-order valence-electron chi connectivity index (χ4n) is 2.05. The maximum Gasteiger partial charge on any atom is 0.223 e. The summed E-state index contributed by atoms with van der Waals surface area (Å²) in [6.07, 6.45) is 0.193. The van der Waals surface area contributed by atoms with Crippen LogP contribution >= 0.6 is 0 Å². The number of hydrogen-bond acceptors (Lipinski definition) is 5. The van der Waals surface area contributed by atoms with Crippen molar-refractivity contribution >= 4 is 17.5 Å². The average Bonchev–Trinajstić information content (AvgIpc) is 2.55. The van der Waals surface area contributed by atoms with E-state index in [4.69, 9.17) is 14.2 Å². The third-order valence-corrected chi connectivity index (χ3v) is 3.25. The Bertz CT molecular complexity index is 533. The van der Waals surface area contributed by atoms with Crippen molar-refractivity contribution in [1.29, 1.82) is 0 Å². The number of nitrogens with one attached hydrogen (secondary N) is 1. The van der Waals surface area contributed by atoms with Gasteiger partial charge in [-0.3, -0.25) is 9.59 Å². The average molecular weight is 324 g/mol. The van der Waals surface area contributed by atoms with Crippen molar-refractivity contribution in [2.45, 2.75) is 13.3 Å². The predicted octanol–water partition coefficient (Wildman–Crippen LogP) is 1.21. The molecule has 0 unspecified atom stereocenters. The molecule has 2 amide bonds. The van der Waals surface area contributed by atoms with Crippen molar-refractivity contribution in [3.63, 3.8) is 0 Å². The standard InChI is InChI=1S/C16H24N2O5/c1-12(19)18(9-7-16(20)17-8-10-21-2)14-6-5-13(22-3)11-15(14)23-4/h5-6,11H,7-10H2,1-4H3,(H,17,20). The number of amides is 2. The Morgan fingerprint density at radius 2 is 1.91 bits per heavy atom. The Balaban J connectivity index is 2.79. The molecule has 0 fully saturated rings. The van der Waals surface area contributed by atoms with Gasteiger partial charge in [0, 0.05) is 39.6 Å². The first-order valence-corrected chi connectivity index (χ1v) is 7.29. The minimum absolute atomic E-state index is 0.138. The molecule has 128 valence electrons. The number of benzene rings is 1. The number of ether oxygens (including phenoxy) is 3. The van der Waals surface area contributed by atoms with Crippen molar-refractivity contribution in [1.82, 2.24) is 5.32 Å². The number of nitrogens with zero attached hydrogens (tertiary/aromatic N) is 1. The van der Waals surface area contributed by atoms with Gasteiger partial charge in [-0.1, -0.05) is 0 Å². The number of carbonyl (C=O) groups excluding carboxylic acids is 2. The van der Waals surface area contributed by atoms with E-state index in [1.165, 1.54) is 18.9 Å². The molecule has 7 nitrogen and oxygen atoms in total. The minimum Gasteiger partial charge on any atom is -0.497 e. The van der Waals surface area contributed by atoms with Crippen LogP contribution in [0.25, 0.3) is 0 Å². The van der Waals surface area contributed by atoms with Gasteiger partial charge in [-0.2, -0.15) is 0 Å². The van der Waals surface area contributed by atoms with E-state index in [-0.39, 0.29) is 24.8 Å². The van der Waals surface area contributed by atoms with E-state index in [0.717, 1.165) is 0 Å². The molecule has 0 aliphatic rings. The molecule has 0 bridgehead atoms. The summed E-state index contributed by atoms with van der Waals surface area (Å²) in [7, 11) is 4.65. The van der Waals surface area contributed by atoms with Gasteiger partial charge in [-0.25, -0.2) is 0 Å². The molecular weight excluding hydrogens is 300 g/mol. The monoisotopic (exact) mass is 324 g/mol. The number of rotatable bonds is 9. The van der Waals surface area contributed by atoms with Gasteiger partial charge in [0.25, 0.3) is 0 Å². The minimum atomic E-state index is -0.168. The van der Waals surface area contributed by atoms with Crippen LogP contribution in [0.5, 0.6) is 11.5 Å². The Morgan fingerprint density at radius 3 is 2.48 bits per heavy atom. The molecule has 0 saturated heterocycles. The molecule has 0 saturated carbocycles. The fraction of sp³-hybridized carbons (Fsp3) is 0.500. The van der Waals surface area contributed by atoms with E-state index < -0.39 is 0 Å². The second-order valence-corrected chi connectivity index (χ2v) is 4.80. The van der Waals surface area contributed by atoms with Crippen molar-refractivity contribution < 1.29 is 23.8 Å². The van der Waals surface area contributed by atoms with Crippen LogP contribution < -0.4 is 19.7 Å². The maximum absolute atomic E-state index is 11.9. The van der Waals surface area contributed by atoms with E-state index in [1.54, 1.807) is 32.4 Å². The summed E-state index contributed by atoms with van der Waals surface area (Å²) in [6, 6.07) is 5.18. The fourth-order valence-corrected chi connectivity index (χ4v) is 2.05. The van der Waals surface area contributed by atoms with Crippen LogP contribution in [-0.4, -0.2) is 52.8 Å². The predicted molar refractivity (Wildman–Crippen MR) is 87.1 cm³/mol. The quantitative estimate of drug-likeness (QED) is 0.691. The van der Waals surface area contributed by atoms with Crippen molar-refractivity contribution in [3.05, 3.63) is 18.2 Å². The molecule has 1 aromatic carbocycles. The number of anilines is 1. The first-order chi connectivity index (χ1) is 11.0. The zero-order valence-electron chi connectivity index (χ0n) is 14.0. The zero-order valence-corrected chi connectivity index (χ0v) is 14.0. The summed E-state index contributed by atoms with van der Waals surface area (Å²) in [6.45, 7) is 2.61. The van der Waals surface area contributed by atoms with Gasteiger partial charge in [-0.05, 0) is 12.1 Å². The van der Waals surface area contributed by atoms with E-state index in [0.29, 0.717) is 30.3 Å². The highest BCUT2D eigenvalue weighted by atomic mass is 16.5. The van der Waals surface area contributed by atoms with Crippen LogP contribution in [0.3, 0.4) is 0 Å². The van der Waals surface area contributed by atoms with Crippen LogP contribution in [0.1, 0.15) is 13.3 Å². The van der Waals surface area contributed by atoms with E-state index in [2.05, 4.69) is 5.32 Å². The summed E-state index contributed by atoms with van der Waals surface area (Å²) < 4.78 is 15.3. The highest BCUT2D eigenvalue weighted by Gasteiger charge is 2.18. The number of methoxy groups -OCH3 is 3. The molecule has 7 heteroatoms. The lowest BCUT2D eigenvalue weighted by Crippen LogP contribution is -2.35. The van der Waals surface area contributed by atoms with E-state index >= 15 is 0 Å². The van der Waals surface area contributed by atoms with Crippen LogP contribution in [0.4, 0.5) is 5.69 Å². The Morgan fingerprint density at radius 1 is 1.17 bits per heavy atom. The highest BCUT2D eigenvalue weighted by Crippen LogP contribution is 2.32. The van der Waals surface area contributed by atoms with E-state index in [1.807, 2.05) is 0 Å². The molecule has 1 aromatic rings. The molecule has 23 heavy (non-hydrogen) atoms. The lowest BCUT2D eigenvalue weighted by Gasteiger charge is -2.23. The van der Waals surface area contributed by atoms with Gasteiger partial charge in [0.05, 0.1) is 26.5 Å². The van der Waals surface area contributed by atoms with Gasteiger partial charge in [0.15, 0.2) is 0 Å². The Hall–Kier alpha value is -2.28. The van der Waals surface area contributed by atoms with Crippen LogP contribution in [0, 0.1) is 0 Å². The molecule has 0 aromatic heterocycles. The highest BCUT2D eigenvalue weighted by molar-refractivity contribution is 5.94. The van der Waals surface area contributed by atoms with E-state index in [9.17, 15) is 9.59 Å². The van der Waals surface area contributed by atoms with Crippen LogP contribution in [0.15, 0.2) is 18.2 Å². The second-order valence-electron chi connectivity index (χ2n) is 4.80. The van der Waals surface area contributed by atoms with Gasteiger partial charge in [0.2, 0.25) is 11.8 Å². The third kappa shape index (κ3) is 5.78. The van der Waals surface area contributed by atoms with Gasteiger partial charge < -0.3 is 24.4 Å². The topological polar surface area (TPSA) is 77.1 Å². The van der Waals surface area contributed by atoms with Crippen molar-refractivity contribution in [2.75, 3.05) is 45.9 Å². The second kappa shape index (κ2) is 9.68. The first kappa shape index (κ1) is 18.8. The molecule has 0 aliphatic carbocycles. The summed E-state index contributed by atoms with van der Waals surface area (Å²) in [5.41, 5.74) is 0.602. The molecule has 0 spiro atoms. The van der Waals surface area contributed by atoms with Gasteiger partial charge in [0.1, 0.15) is 11.5 Å². The smallest absolute Gasteiger partial charge is 0.223 e. The van der Waals surface area contributed by atoms with Gasteiger partial charge in [-0.15, -0.1) is 0 Å². The number of hydrogen-bond donors (Lipinski definition) is 1. The summed E-state index contributed by atoms with van der Waals surface area (Å²) in [5, 5.41) is 2.72. The van der Waals surface area contributed by atoms with Gasteiger partial charge >= 0.3 is 0 Å². The van der Waals surface area contributed by atoms with Crippen molar-refractivity contribution in [2.24, 2.45) is 0 Å². The van der Waals surface area contributed by atoms with Crippen molar-refractivity contribution in [3.8, 4) is 11.5 Å². The lowest BCUT2D eigenvalue weighted by atomic mass is 10.2. The zero-order chi connectivity index (χ0) is 17.2. The normalized spacial score (nSPS) is 10.1. The largest absolute Gasteiger partial charge is 0.497 e. The molecule has 0 heterocycles. The maximum atomic E-state index is 11.9.